The van der Waals surface area contributed by atoms with E-state index in [0.717, 1.165) is 72.7 Å². The van der Waals surface area contributed by atoms with Crippen LogP contribution in [0.1, 0.15) is 38.2 Å². The van der Waals surface area contributed by atoms with E-state index in [0.29, 0.717) is 71.2 Å². The Morgan fingerprint density at radius 3 is 1.17 bits per heavy atom. The molecule has 5 aromatic heterocycles. The Morgan fingerprint density at radius 1 is 0.358 bits per heavy atom. The van der Waals surface area contributed by atoms with Crippen molar-refractivity contribution < 1.29 is 28.8 Å². The van der Waals surface area contributed by atoms with Gasteiger partial charge in [0.25, 0.3) is 0 Å². The van der Waals surface area contributed by atoms with Crippen LogP contribution in [0.25, 0.3) is 56.3 Å². The van der Waals surface area contributed by atoms with E-state index >= 15 is 0 Å². The van der Waals surface area contributed by atoms with Crippen molar-refractivity contribution in [2.45, 2.75) is 32.9 Å². The zero-order chi connectivity index (χ0) is 78.9. The van der Waals surface area contributed by atoms with Crippen molar-refractivity contribution in [2.24, 2.45) is 0 Å². The number of aromatic nitrogens is 10. The topological polar surface area (TPSA) is 458 Å². The molecule has 0 spiro atoms. The minimum atomic E-state index is -0.486. The third kappa shape index (κ3) is 25.5. The van der Waals surface area contributed by atoms with Crippen LogP contribution in [0.4, 0.5) is 64.5 Å². The van der Waals surface area contributed by atoms with E-state index in [1.165, 1.54) is 24.3 Å². The first kappa shape index (κ1) is 81.4. The van der Waals surface area contributed by atoms with Gasteiger partial charge in [0, 0.05) is 131 Å². The summed E-state index contributed by atoms with van der Waals surface area (Å²) >= 11 is 0. The Bertz CT molecular complexity index is 5060. The van der Waals surface area contributed by atoms with E-state index in [2.05, 4.69) is 119 Å². The number of carbonyl (C=O) groups excluding carboxylic acids is 6. The summed E-state index contributed by atoms with van der Waals surface area (Å²) in [6.07, 6.45) is 5.41. The molecule has 0 aliphatic heterocycles. The number of benzene rings is 6. The normalized spacial score (nSPS) is 10.1. The number of rotatable bonds is 25. The highest BCUT2D eigenvalue weighted by atomic mass is 16.2. The number of ketones is 3. The highest BCUT2D eigenvalue weighted by Gasteiger charge is 2.18. The maximum Gasteiger partial charge on any atom is 0.247 e. The van der Waals surface area contributed by atoms with Gasteiger partial charge in [0.15, 0.2) is 5.78 Å². The van der Waals surface area contributed by atoms with Gasteiger partial charge in [-0.1, -0.05) is 142 Å². The summed E-state index contributed by atoms with van der Waals surface area (Å²) < 4.78 is 0. The van der Waals surface area contributed by atoms with Crippen molar-refractivity contribution in [3.05, 3.63) is 260 Å². The van der Waals surface area contributed by atoms with Crippen LogP contribution in [-0.2, 0) is 49.9 Å². The molecule has 29 heteroatoms. The van der Waals surface area contributed by atoms with Crippen LogP contribution >= 0.6 is 0 Å². The van der Waals surface area contributed by atoms with Crippen molar-refractivity contribution in [1.82, 2.24) is 60.5 Å². The molecule has 0 atom stereocenters. The van der Waals surface area contributed by atoms with Crippen molar-refractivity contribution in [3.8, 4) is 56.3 Å². The molecule has 3 amide bonds. The Morgan fingerprint density at radius 2 is 0.734 bits per heavy atom. The average Bonchev–Trinajstić information content (AvgIpc) is 0.859. The number of anilines is 11. The number of hydrogen-bond donors (Lipinski definition) is 13. The molecule has 6 aromatic carbocycles. The van der Waals surface area contributed by atoms with E-state index < -0.39 is 11.6 Å². The lowest BCUT2D eigenvalue weighted by Gasteiger charge is -2.10. The molecule has 0 aliphatic carbocycles. The Labute approximate surface area is 630 Å². The highest BCUT2D eigenvalue weighted by molar-refractivity contribution is 6.44. The summed E-state index contributed by atoms with van der Waals surface area (Å²) in [7, 11) is 8.83. The van der Waals surface area contributed by atoms with Crippen molar-refractivity contribution in [2.75, 3.05) is 95.8 Å². The number of carbonyl (C=O) groups is 6. The minimum Gasteiger partial charge on any atom is -0.373 e. The quantitative estimate of drug-likeness (QED) is 0.0144. The number of amides is 3. The first-order valence-electron chi connectivity index (χ1n) is 33.6. The number of Topliss-reactive ketones (excluding diaryl/α,β-unsaturated/α-hetero) is 2. The Kier molecular flexibility index (Phi) is 30.5. The van der Waals surface area contributed by atoms with Gasteiger partial charge in [-0.05, 0) is 89.4 Å². The minimum absolute atomic E-state index is 0.0112. The lowest BCUT2D eigenvalue weighted by atomic mass is 9.99. The molecule has 0 aliphatic rings. The second-order valence-electron chi connectivity index (χ2n) is 23.2. The fourth-order valence-corrected chi connectivity index (χ4v) is 9.96. The van der Waals surface area contributed by atoms with Gasteiger partial charge < -0.3 is 71.2 Å². The molecule has 0 radical (unpaired) electrons. The van der Waals surface area contributed by atoms with Gasteiger partial charge >= 0.3 is 0 Å². The molecule has 29 nitrogen and oxygen atoms in total. The van der Waals surface area contributed by atoms with Gasteiger partial charge in [-0.2, -0.15) is 24.9 Å². The molecule has 0 fully saturated rings. The van der Waals surface area contributed by atoms with Crippen molar-refractivity contribution in [1.29, 1.82) is 0 Å². The molecule has 556 valence electrons. The van der Waals surface area contributed by atoms with Gasteiger partial charge in [-0.15, -0.1) is 0 Å². The van der Waals surface area contributed by atoms with Crippen LogP contribution in [0.3, 0.4) is 0 Å². The second-order valence-corrected chi connectivity index (χ2v) is 23.2. The summed E-state index contributed by atoms with van der Waals surface area (Å²) in [6.45, 7) is 16.6. The van der Waals surface area contributed by atoms with Crippen molar-refractivity contribution in [3.63, 3.8) is 0 Å². The lowest BCUT2D eigenvalue weighted by Crippen LogP contribution is -2.19. The zero-order valence-electron chi connectivity index (χ0n) is 61.0. The SMILES string of the molecule is C=CC(=O)Cc1ccc(C)c(-c2cc(NC)nc(N)n2)c1.C=CC(=O)NCc1ccc(-c2cc(NC)nc(N)n2)cc1.C=CC(=O)NCc1cccc(-c2cc(NC)nc(N)n2)c1.C=CC(=O)Nc1ccc(-c2cc(NC)nc(N)n2)cc1.CNc1cc(-c2cccc(CC(=O)C(=O)c3ccccc3)c2)nc(N)n1. The van der Waals surface area contributed by atoms with Gasteiger partial charge in [-0.3, -0.25) is 28.8 Å². The number of nitrogens with one attached hydrogen (secondary N) is 8. The number of nitrogen functional groups attached to an aromatic ring is 5. The molecule has 18 N–H and O–H groups in total. The first-order chi connectivity index (χ1) is 52.4. The molecule has 11 rings (SSSR count). The number of aryl methyl sites for hydroxylation is 1. The van der Waals surface area contributed by atoms with Crippen LogP contribution in [-0.4, -0.2) is 120 Å². The third-order valence-electron chi connectivity index (χ3n) is 15.5. The molecular weight excluding hydrogens is 1380 g/mol. The maximum atomic E-state index is 12.3. The summed E-state index contributed by atoms with van der Waals surface area (Å²) in [5.41, 5.74) is 42.3. The van der Waals surface area contributed by atoms with Crippen LogP contribution < -0.4 is 71.2 Å². The standard InChI is InChI=1S/C20H18N4O2.C16H18N4O.2C15H17N5O.C14H15N5O/c1-22-18-12-16(23-20(21)24-18)15-9-5-6-13(10-15)11-17(25)19(26)14-7-3-2-4-8-14;1-4-12(21)7-11-6-5-10(2)13(8-11)14-9-15(18-3)20-16(17)19-14;1-3-14(21)18-9-10-4-6-11(7-5-10)12-8-13(17-2)20-15(16)19-12;1-3-14(21)18-9-10-5-4-6-11(7-10)12-8-13(17-2)20-15(16)19-12;1-3-13(20)17-10-6-4-9(5-7-10)11-8-12(16-2)19-14(15)18-11/h2-10,12H,11H2,1H3,(H3,21,22,23,24);4-6,8-9H,1,7H2,2-3H3,(H3,17,18,19,20);2*3-8H,1,9H2,2H3,(H,18,21)(H3,16,17,19,20);3-8H,1H2,2H3,(H,17,20)(H3,15,16,18,19). The van der Waals surface area contributed by atoms with Gasteiger partial charge in [0.1, 0.15) is 29.1 Å². The molecule has 109 heavy (non-hydrogen) atoms. The third-order valence-corrected chi connectivity index (χ3v) is 15.5. The van der Waals surface area contributed by atoms with Crippen LogP contribution in [0.2, 0.25) is 0 Å². The molecule has 0 bridgehead atoms. The number of hydrogen-bond acceptors (Lipinski definition) is 26. The van der Waals surface area contributed by atoms with Gasteiger partial charge in [0.2, 0.25) is 59.0 Å². The molecular formula is C80H85N23O6. The lowest BCUT2D eigenvalue weighted by molar-refractivity contribution is -0.117. The predicted octanol–water partition coefficient (Wildman–Crippen LogP) is 10.2. The first-order valence-corrected chi connectivity index (χ1v) is 33.6. The Hall–Kier alpha value is -14.9. The number of nitrogens with zero attached hydrogens (tertiary/aromatic N) is 10. The van der Waals surface area contributed by atoms with Crippen LogP contribution in [0.5, 0.6) is 0 Å². The molecule has 0 unspecified atom stereocenters. The monoisotopic (exact) mass is 1460 g/mol. The summed E-state index contributed by atoms with van der Waals surface area (Å²) in [5.74, 6) is 2.65. The highest BCUT2D eigenvalue weighted by Crippen LogP contribution is 2.29. The molecule has 11 aromatic rings. The Balaban J connectivity index is 0.000000190. The van der Waals surface area contributed by atoms with Gasteiger partial charge in [0.05, 0.1) is 28.5 Å². The summed E-state index contributed by atoms with van der Waals surface area (Å²) in [6, 6.07) is 53.5. The van der Waals surface area contributed by atoms with E-state index in [-0.39, 0.29) is 59.7 Å². The number of nitrogens with two attached hydrogens (primary N) is 5. The van der Waals surface area contributed by atoms with E-state index in [9.17, 15) is 28.8 Å². The van der Waals surface area contributed by atoms with Crippen LogP contribution in [0, 0.1) is 6.92 Å². The summed E-state index contributed by atoms with van der Waals surface area (Å²) in [4.78, 5) is 111. The smallest absolute Gasteiger partial charge is 0.247 e. The number of allylic oxidation sites excluding steroid dienone is 1. The average molecular weight is 1460 g/mol. The van der Waals surface area contributed by atoms with E-state index in [4.69, 9.17) is 28.7 Å². The predicted molar refractivity (Wildman–Crippen MR) is 433 cm³/mol. The molecule has 0 saturated heterocycles. The van der Waals surface area contributed by atoms with Crippen molar-refractivity contribution >= 4 is 99.6 Å². The molecule has 5 heterocycles. The largest absolute Gasteiger partial charge is 0.373 e. The zero-order valence-corrected chi connectivity index (χ0v) is 61.0. The fraction of sp³-hybridized carbons (Fsp3) is 0.125. The maximum absolute atomic E-state index is 12.3. The fourth-order valence-electron chi connectivity index (χ4n) is 9.96. The van der Waals surface area contributed by atoms with Crippen LogP contribution in [0.15, 0.2) is 227 Å². The second kappa shape index (κ2) is 40.8. The van der Waals surface area contributed by atoms with E-state index in [1.54, 1.807) is 89.8 Å². The summed E-state index contributed by atoms with van der Waals surface area (Å²) in [5, 5.41) is 22.8. The van der Waals surface area contributed by atoms with E-state index in [1.807, 2.05) is 128 Å². The van der Waals surface area contributed by atoms with Gasteiger partial charge in [-0.25, -0.2) is 24.9 Å². The molecule has 0 saturated carbocycles.